The Kier molecular flexibility index (Phi) is 5.08. The van der Waals surface area contributed by atoms with Crippen molar-refractivity contribution in [2.45, 2.75) is 32.4 Å². The number of hydrogen-bond acceptors (Lipinski definition) is 5. The van der Waals surface area contributed by atoms with Gasteiger partial charge in [0.15, 0.2) is 0 Å². The van der Waals surface area contributed by atoms with Crippen LogP contribution in [0.25, 0.3) is 10.9 Å². The molecule has 2 aromatic rings. The van der Waals surface area contributed by atoms with E-state index in [0.29, 0.717) is 18.7 Å². The second-order valence-corrected chi connectivity index (χ2v) is 6.37. The highest BCUT2D eigenvalue weighted by molar-refractivity contribution is 6.06. The number of benzene rings is 1. The van der Waals surface area contributed by atoms with Crippen LogP contribution in [0.15, 0.2) is 24.3 Å². The van der Waals surface area contributed by atoms with Crippen LogP contribution in [0.2, 0.25) is 0 Å². The van der Waals surface area contributed by atoms with Gasteiger partial charge in [0.1, 0.15) is 0 Å². The Morgan fingerprint density at radius 3 is 2.92 bits per heavy atom. The number of rotatable bonds is 5. The fourth-order valence-electron chi connectivity index (χ4n) is 3.16. The van der Waals surface area contributed by atoms with Gasteiger partial charge in [-0.1, -0.05) is 18.2 Å². The summed E-state index contributed by atoms with van der Waals surface area (Å²) in [5.74, 6) is -0.0620. The maximum atomic E-state index is 12.7. The number of nitrogens with zero attached hydrogens (tertiary/aromatic N) is 1. The van der Waals surface area contributed by atoms with E-state index in [-0.39, 0.29) is 18.0 Å². The largest absolute Gasteiger partial charge is 0.383 e. The number of carbonyl (C=O) groups is 1. The molecule has 1 aromatic carbocycles. The highest BCUT2D eigenvalue weighted by Crippen LogP contribution is 2.21. The maximum Gasteiger partial charge on any atom is 0.252 e. The van der Waals surface area contributed by atoms with Crippen LogP contribution in [0.4, 0.5) is 0 Å². The van der Waals surface area contributed by atoms with Gasteiger partial charge in [-0.3, -0.25) is 20.6 Å². The Morgan fingerprint density at radius 2 is 2.12 bits per heavy atom. The van der Waals surface area contributed by atoms with E-state index in [0.717, 1.165) is 28.6 Å². The van der Waals surface area contributed by atoms with E-state index in [4.69, 9.17) is 4.74 Å². The highest BCUT2D eigenvalue weighted by Gasteiger charge is 2.24. The van der Waals surface area contributed by atoms with Crippen molar-refractivity contribution >= 4 is 16.8 Å². The zero-order valence-corrected chi connectivity index (χ0v) is 14.3. The Hall–Kier alpha value is -2.02. The van der Waals surface area contributed by atoms with E-state index in [9.17, 15) is 4.79 Å². The topological polar surface area (TPSA) is 75.3 Å². The molecular weight excluding hydrogens is 304 g/mol. The van der Waals surface area contributed by atoms with Crippen LogP contribution in [0.3, 0.4) is 0 Å². The number of methoxy groups -OCH3 is 1. The molecule has 2 unspecified atom stereocenters. The van der Waals surface area contributed by atoms with Crippen molar-refractivity contribution in [2.24, 2.45) is 0 Å². The minimum absolute atomic E-state index is 0.0620. The van der Waals surface area contributed by atoms with Gasteiger partial charge in [0.2, 0.25) is 0 Å². The summed E-state index contributed by atoms with van der Waals surface area (Å²) in [6.45, 7) is 5.16. The van der Waals surface area contributed by atoms with Gasteiger partial charge in [-0.2, -0.15) is 0 Å². The first-order valence-corrected chi connectivity index (χ1v) is 8.23. The molecule has 128 valence electrons. The molecule has 1 aromatic heterocycles. The molecule has 0 aliphatic carbocycles. The molecule has 1 aliphatic rings. The molecule has 1 amide bonds. The zero-order chi connectivity index (χ0) is 17.1. The average molecular weight is 328 g/mol. The molecule has 6 nitrogen and oxygen atoms in total. The second-order valence-electron chi connectivity index (χ2n) is 6.37. The summed E-state index contributed by atoms with van der Waals surface area (Å²) in [6, 6.07) is 8.26. The molecule has 3 rings (SSSR count). The lowest BCUT2D eigenvalue weighted by molar-refractivity contribution is 0.0951. The SMILES string of the molecule is COCC1CC(CNC(=O)c2cc(C)nc3c(C)cccc23)NN1. The normalized spacial score (nSPS) is 20.5. The molecule has 2 heterocycles. The third kappa shape index (κ3) is 3.56. The molecule has 1 saturated heterocycles. The van der Waals surface area contributed by atoms with Gasteiger partial charge in [-0.25, -0.2) is 0 Å². The van der Waals surface area contributed by atoms with Crippen LogP contribution < -0.4 is 16.2 Å². The number of nitrogens with one attached hydrogen (secondary N) is 3. The molecular formula is C18H24N4O2. The number of hydrogen-bond donors (Lipinski definition) is 3. The number of aryl methyl sites for hydroxylation is 2. The van der Waals surface area contributed by atoms with E-state index < -0.39 is 0 Å². The Bertz CT molecular complexity index is 747. The first-order chi connectivity index (χ1) is 11.6. The Morgan fingerprint density at radius 1 is 1.33 bits per heavy atom. The molecule has 3 N–H and O–H groups in total. The number of para-hydroxylation sites is 1. The number of amides is 1. The number of ether oxygens (including phenoxy) is 1. The monoisotopic (exact) mass is 328 g/mol. The summed E-state index contributed by atoms with van der Waals surface area (Å²) in [6.07, 6.45) is 0.920. The fourth-order valence-corrected chi connectivity index (χ4v) is 3.16. The lowest BCUT2D eigenvalue weighted by atomic mass is 10.0. The predicted octanol–water partition coefficient (Wildman–Crippen LogP) is 1.46. The van der Waals surface area contributed by atoms with Crippen LogP contribution in [-0.4, -0.2) is 43.2 Å². The van der Waals surface area contributed by atoms with Crippen LogP contribution in [0, 0.1) is 13.8 Å². The number of hydrazine groups is 1. The average Bonchev–Trinajstić information content (AvgIpc) is 3.01. The third-order valence-corrected chi connectivity index (χ3v) is 4.35. The van der Waals surface area contributed by atoms with Gasteiger partial charge < -0.3 is 10.1 Å². The first kappa shape index (κ1) is 16.8. The van der Waals surface area contributed by atoms with E-state index >= 15 is 0 Å². The van der Waals surface area contributed by atoms with Crippen molar-refractivity contribution < 1.29 is 9.53 Å². The predicted molar refractivity (Wildman–Crippen MR) is 93.9 cm³/mol. The van der Waals surface area contributed by atoms with Gasteiger partial charge in [0.25, 0.3) is 5.91 Å². The van der Waals surface area contributed by atoms with Gasteiger partial charge in [-0.05, 0) is 31.9 Å². The van der Waals surface area contributed by atoms with E-state index in [1.165, 1.54) is 0 Å². The molecule has 2 atom stereocenters. The zero-order valence-electron chi connectivity index (χ0n) is 14.3. The molecule has 0 spiro atoms. The van der Waals surface area contributed by atoms with Crippen molar-refractivity contribution in [3.05, 3.63) is 41.1 Å². The summed E-state index contributed by atoms with van der Waals surface area (Å²) in [5, 5.41) is 3.93. The van der Waals surface area contributed by atoms with E-state index in [2.05, 4.69) is 21.2 Å². The van der Waals surface area contributed by atoms with Crippen LogP contribution >= 0.6 is 0 Å². The Balaban J connectivity index is 1.72. The lowest BCUT2D eigenvalue weighted by Crippen LogP contribution is -2.41. The van der Waals surface area contributed by atoms with E-state index in [1.807, 2.05) is 38.1 Å². The van der Waals surface area contributed by atoms with Crippen molar-refractivity contribution in [3.8, 4) is 0 Å². The number of fused-ring (bicyclic) bond motifs is 1. The number of pyridine rings is 1. The molecule has 0 saturated carbocycles. The maximum absolute atomic E-state index is 12.7. The summed E-state index contributed by atoms with van der Waals surface area (Å²) < 4.78 is 5.14. The van der Waals surface area contributed by atoms with Crippen LogP contribution in [-0.2, 0) is 4.74 Å². The standard InChI is InChI=1S/C18H24N4O2/c1-11-5-4-6-15-16(7-12(2)20-17(11)15)18(23)19-9-13-8-14(10-24-3)22-21-13/h4-7,13-14,21-22H,8-10H2,1-3H3,(H,19,23). The smallest absolute Gasteiger partial charge is 0.252 e. The minimum Gasteiger partial charge on any atom is -0.383 e. The quantitative estimate of drug-likeness (QED) is 0.775. The molecule has 1 fully saturated rings. The number of carbonyl (C=O) groups excluding carboxylic acids is 1. The van der Waals surface area contributed by atoms with Crippen LogP contribution in [0.1, 0.15) is 28.0 Å². The second kappa shape index (κ2) is 7.25. The van der Waals surface area contributed by atoms with Crippen molar-refractivity contribution in [2.75, 3.05) is 20.3 Å². The molecule has 6 heteroatoms. The van der Waals surface area contributed by atoms with Crippen LogP contribution in [0.5, 0.6) is 0 Å². The van der Waals surface area contributed by atoms with Crippen molar-refractivity contribution in [1.82, 2.24) is 21.2 Å². The van der Waals surface area contributed by atoms with Gasteiger partial charge in [0.05, 0.1) is 17.7 Å². The van der Waals surface area contributed by atoms with E-state index in [1.54, 1.807) is 7.11 Å². The minimum atomic E-state index is -0.0620. The molecule has 0 bridgehead atoms. The van der Waals surface area contributed by atoms with Gasteiger partial charge >= 0.3 is 0 Å². The summed E-state index contributed by atoms with van der Waals surface area (Å²) in [4.78, 5) is 17.2. The summed E-state index contributed by atoms with van der Waals surface area (Å²) >= 11 is 0. The molecule has 0 radical (unpaired) electrons. The molecule has 24 heavy (non-hydrogen) atoms. The lowest BCUT2D eigenvalue weighted by Gasteiger charge is -2.13. The van der Waals surface area contributed by atoms with Gasteiger partial charge in [-0.15, -0.1) is 0 Å². The first-order valence-electron chi connectivity index (χ1n) is 8.23. The summed E-state index contributed by atoms with van der Waals surface area (Å²) in [5.41, 5.74) is 9.88. The van der Waals surface area contributed by atoms with Gasteiger partial charge in [0, 0.05) is 36.8 Å². The fraction of sp³-hybridized carbons (Fsp3) is 0.444. The van der Waals surface area contributed by atoms with Crippen molar-refractivity contribution in [1.29, 1.82) is 0 Å². The number of aromatic nitrogens is 1. The third-order valence-electron chi connectivity index (χ3n) is 4.35. The van der Waals surface area contributed by atoms with Crippen molar-refractivity contribution in [3.63, 3.8) is 0 Å². The Labute approximate surface area is 142 Å². The molecule has 1 aliphatic heterocycles. The highest BCUT2D eigenvalue weighted by atomic mass is 16.5. The summed E-state index contributed by atoms with van der Waals surface area (Å²) in [7, 11) is 1.69.